The number of benzene rings is 5. The molecule has 5 aromatic carbocycles. The maximum absolute atomic E-state index is 10.7. The normalized spacial score (nSPS) is 15.0. The second-order valence-corrected chi connectivity index (χ2v) is 10.5. The standard InChI is InChI=1S/C38H24N3O.Pt/c42-36-17-6-4-14-30(36)34-16-8-18-37(41-34)38(28-12-7-11-27(21-28)35-24-39-19-20-40-35)32-15-5-3-13-29(32)31-22-25-9-1-2-10-26(25)23-33(31)38;/h1-20,22-24,42H;/q-1;. The molecule has 0 saturated carbocycles. The fraction of sp³-hybridized carbons (Fsp3) is 0.0263. The number of aromatic hydroxyl groups is 1. The first-order chi connectivity index (χ1) is 20.7. The molecule has 2 aromatic heterocycles. The van der Waals surface area contributed by atoms with Crippen molar-refractivity contribution >= 4 is 10.8 Å². The molecule has 0 spiro atoms. The molecule has 4 nitrogen and oxygen atoms in total. The fourth-order valence-corrected chi connectivity index (χ4v) is 6.43. The molecule has 0 fully saturated rings. The van der Waals surface area contributed by atoms with Gasteiger partial charge in [0, 0.05) is 50.9 Å². The summed E-state index contributed by atoms with van der Waals surface area (Å²) in [4.78, 5) is 14.2. The van der Waals surface area contributed by atoms with Crippen LogP contribution in [0.2, 0.25) is 0 Å². The Morgan fingerprint density at radius 3 is 2.16 bits per heavy atom. The van der Waals surface area contributed by atoms with Crippen molar-refractivity contribution in [1.82, 2.24) is 15.0 Å². The number of rotatable bonds is 4. The molecule has 2 heterocycles. The molecule has 0 amide bonds. The van der Waals surface area contributed by atoms with Crippen LogP contribution in [-0.4, -0.2) is 20.1 Å². The maximum Gasteiger partial charge on any atom is 0.124 e. The summed E-state index contributed by atoms with van der Waals surface area (Å²) in [7, 11) is 0. The summed E-state index contributed by atoms with van der Waals surface area (Å²) in [6.07, 6.45) is 5.15. The van der Waals surface area contributed by atoms with Crippen molar-refractivity contribution in [2.24, 2.45) is 0 Å². The van der Waals surface area contributed by atoms with Gasteiger partial charge in [0.05, 0.1) is 16.8 Å². The third-order valence-corrected chi connectivity index (χ3v) is 8.26. The molecule has 0 saturated heterocycles. The topological polar surface area (TPSA) is 58.9 Å². The Bertz CT molecular complexity index is 2130. The average Bonchev–Trinajstić information content (AvgIpc) is 3.34. The molecule has 8 rings (SSSR count). The molecule has 1 atom stereocenters. The maximum atomic E-state index is 10.7. The van der Waals surface area contributed by atoms with E-state index in [-0.39, 0.29) is 26.8 Å². The first-order valence-corrected chi connectivity index (χ1v) is 13.9. The summed E-state index contributed by atoms with van der Waals surface area (Å²) in [6.45, 7) is 0. The van der Waals surface area contributed by atoms with Gasteiger partial charge in [-0.15, -0.1) is 35.4 Å². The molecule has 1 N–H and O–H groups in total. The zero-order valence-electron chi connectivity index (χ0n) is 22.9. The van der Waals surface area contributed by atoms with E-state index >= 15 is 0 Å². The number of aromatic nitrogens is 3. The monoisotopic (exact) mass is 733 g/mol. The van der Waals surface area contributed by atoms with Crippen molar-refractivity contribution < 1.29 is 26.2 Å². The first-order valence-electron chi connectivity index (χ1n) is 13.9. The number of phenolic OH excluding ortho intramolecular Hbond substituents is 1. The van der Waals surface area contributed by atoms with Gasteiger partial charge in [-0.3, -0.25) is 9.97 Å². The van der Waals surface area contributed by atoms with Crippen LogP contribution in [0, 0.1) is 6.07 Å². The van der Waals surface area contributed by atoms with Crippen LogP contribution in [0.25, 0.3) is 44.4 Å². The van der Waals surface area contributed by atoms with Gasteiger partial charge in [0.15, 0.2) is 0 Å². The van der Waals surface area contributed by atoms with Crippen LogP contribution in [0.1, 0.15) is 22.4 Å². The summed E-state index contributed by atoms with van der Waals surface area (Å²) in [5, 5.41) is 13.1. The zero-order valence-corrected chi connectivity index (χ0v) is 25.2. The molecule has 0 aliphatic heterocycles. The van der Waals surface area contributed by atoms with Crippen LogP contribution >= 0.6 is 0 Å². The van der Waals surface area contributed by atoms with Gasteiger partial charge in [-0.2, -0.15) is 0 Å². The number of pyridine rings is 1. The van der Waals surface area contributed by atoms with Crippen LogP contribution in [-0.2, 0) is 26.5 Å². The molecular formula is C38H24N3OPt-. The Balaban J connectivity index is 0.00000300. The van der Waals surface area contributed by atoms with Gasteiger partial charge in [-0.1, -0.05) is 66.7 Å². The number of hydrogen-bond acceptors (Lipinski definition) is 4. The summed E-state index contributed by atoms with van der Waals surface area (Å²) in [6, 6.07) is 45.1. The zero-order chi connectivity index (χ0) is 28.1. The molecule has 1 unspecified atom stereocenters. The van der Waals surface area contributed by atoms with Crippen molar-refractivity contribution in [2.45, 2.75) is 5.41 Å². The Morgan fingerprint density at radius 2 is 1.35 bits per heavy atom. The minimum absolute atomic E-state index is 0. The molecule has 1 aliphatic rings. The van der Waals surface area contributed by atoms with E-state index in [1.165, 1.54) is 16.5 Å². The van der Waals surface area contributed by atoms with E-state index in [0.29, 0.717) is 11.3 Å². The Labute approximate surface area is 264 Å². The average molecular weight is 734 g/mol. The summed E-state index contributed by atoms with van der Waals surface area (Å²) in [5.74, 6) is 0.200. The van der Waals surface area contributed by atoms with Crippen LogP contribution in [0.4, 0.5) is 0 Å². The second kappa shape index (κ2) is 10.7. The summed E-state index contributed by atoms with van der Waals surface area (Å²) in [5.41, 5.74) is 8.73. The second-order valence-electron chi connectivity index (χ2n) is 10.5. The minimum atomic E-state index is -0.769. The Kier molecular flexibility index (Phi) is 6.72. The van der Waals surface area contributed by atoms with Crippen molar-refractivity contribution in [3.8, 4) is 39.4 Å². The van der Waals surface area contributed by atoms with Gasteiger partial charge in [0.1, 0.15) is 5.75 Å². The summed E-state index contributed by atoms with van der Waals surface area (Å²) < 4.78 is 0. The van der Waals surface area contributed by atoms with Gasteiger partial charge in [-0.05, 0) is 69.4 Å². The van der Waals surface area contributed by atoms with Crippen molar-refractivity contribution in [2.75, 3.05) is 0 Å². The molecule has 7 aromatic rings. The predicted molar refractivity (Wildman–Crippen MR) is 166 cm³/mol. The van der Waals surface area contributed by atoms with E-state index in [1.807, 2.05) is 36.4 Å². The molecule has 0 radical (unpaired) electrons. The van der Waals surface area contributed by atoms with Gasteiger partial charge >= 0.3 is 0 Å². The number of para-hydroxylation sites is 1. The van der Waals surface area contributed by atoms with Gasteiger partial charge < -0.3 is 10.1 Å². The molecule has 1 aliphatic carbocycles. The molecular weight excluding hydrogens is 710 g/mol. The quantitative estimate of drug-likeness (QED) is 0.185. The van der Waals surface area contributed by atoms with E-state index in [0.717, 1.165) is 39.0 Å². The first kappa shape index (κ1) is 26.9. The Hall–Kier alpha value is -4.92. The largest absolute Gasteiger partial charge is 0.507 e. The van der Waals surface area contributed by atoms with Crippen LogP contribution < -0.4 is 0 Å². The minimum Gasteiger partial charge on any atom is -0.507 e. The van der Waals surface area contributed by atoms with Crippen molar-refractivity contribution in [1.29, 1.82) is 0 Å². The van der Waals surface area contributed by atoms with E-state index in [1.54, 1.807) is 24.7 Å². The summed E-state index contributed by atoms with van der Waals surface area (Å²) >= 11 is 0. The molecule has 43 heavy (non-hydrogen) atoms. The molecule has 0 bridgehead atoms. The van der Waals surface area contributed by atoms with Crippen LogP contribution in [0.15, 0.2) is 140 Å². The molecule has 208 valence electrons. The number of hydrogen-bond donors (Lipinski definition) is 1. The van der Waals surface area contributed by atoms with Crippen molar-refractivity contribution in [3.05, 3.63) is 168 Å². The fourth-order valence-electron chi connectivity index (χ4n) is 6.43. The van der Waals surface area contributed by atoms with E-state index < -0.39 is 5.41 Å². The molecule has 5 heteroatoms. The van der Waals surface area contributed by atoms with E-state index in [2.05, 4.69) is 94.9 Å². The van der Waals surface area contributed by atoms with Crippen LogP contribution in [0.5, 0.6) is 5.75 Å². The van der Waals surface area contributed by atoms with Crippen molar-refractivity contribution in [3.63, 3.8) is 0 Å². The van der Waals surface area contributed by atoms with Crippen LogP contribution in [0.3, 0.4) is 0 Å². The number of phenols is 1. The number of nitrogens with zero attached hydrogens (tertiary/aromatic N) is 3. The van der Waals surface area contributed by atoms with Gasteiger partial charge in [0.2, 0.25) is 0 Å². The smallest absolute Gasteiger partial charge is 0.124 e. The predicted octanol–water partition coefficient (Wildman–Crippen LogP) is 8.23. The van der Waals surface area contributed by atoms with E-state index in [4.69, 9.17) is 4.98 Å². The SMILES string of the molecule is Oc1ccccc1-c1cccc(C2(c3[c-]c(-c4cnccn4)ccc3)c3ccccc3-c3cc4ccccc4cc32)n1.[Pt]. The third kappa shape index (κ3) is 4.21. The third-order valence-electron chi connectivity index (χ3n) is 8.26. The Morgan fingerprint density at radius 1 is 0.605 bits per heavy atom. The van der Waals surface area contributed by atoms with Gasteiger partial charge in [-0.25, -0.2) is 0 Å². The van der Waals surface area contributed by atoms with E-state index in [9.17, 15) is 5.11 Å². The van der Waals surface area contributed by atoms with Gasteiger partial charge in [0.25, 0.3) is 0 Å². The number of fused-ring (bicyclic) bond motifs is 4.